The van der Waals surface area contributed by atoms with Gasteiger partial charge >= 0.3 is 0 Å². The molecule has 0 aliphatic rings. The summed E-state index contributed by atoms with van der Waals surface area (Å²) in [5.41, 5.74) is 1.64. The Morgan fingerprint density at radius 1 is 1.07 bits per heavy atom. The first-order chi connectivity index (χ1) is 13.6. The summed E-state index contributed by atoms with van der Waals surface area (Å²) in [7, 11) is 0. The van der Waals surface area contributed by atoms with E-state index in [4.69, 9.17) is 4.98 Å². The number of para-hydroxylation sites is 2. The molecule has 0 spiro atoms. The average molecular weight is 385 g/mol. The highest BCUT2D eigenvalue weighted by atomic mass is 19.2. The molecule has 1 heterocycles. The van der Waals surface area contributed by atoms with Crippen LogP contribution in [-0.2, 0) is 13.1 Å². The quantitative estimate of drug-likeness (QED) is 0.537. The lowest BCUT2D eigenvalue weighted by atomic mass is 10.1. The minimum absolute atomic E-state index is 0.241. The number of aromatic nitrogens is 2. The largest absolute Gasteiger partial charge is 0.331 e. The molecule has 0 atom stereocenters. The molecule has 4 nitrogen and oxygen atoms in total. The summed E-state index contributed by atoms with van der Waals surface area (Å²) in [6.45, 7) is 5.60. The van der Waals surface area contributed by atoms with E-state index in [0.717, 1.165) is 48.7 Å². The van der Waals surface area contributed by atoms with Crippen molar-refractivity contribution in [2.45, 2.75) is 46.2 Å². The molecule has 2 aromatic carbocycles. The Bertz CT molecular complexity index is 968. The summed E-state index contributed by atoms with van der Waals surface area (Å²) in [4.78, 5) is 19.3. The van der Waals surface area contributed by atoms with Crippen LogP contribution < -0.4 is 0 Å². The minimum atomic E-state index is -1.10. The molecule has 6 heteroatoms. The molecule has 0 unspecified atom stereocenters. The van der Waals surface area contributed by atoms with E-state index < -0.39 is 17.5 Å². The lowest BCUT2D eigenvalue weighted by Gasteiger charge is -2.23. The molecule has 0 radical (unpaired) electrons. The van der Waals surface area contributed by atoms with Gasteiger partial charge in [0.15, 0.2) is 11.6 Å². The fraction of sp³-hybridized carbons (Fsp3) is 0.364. The molecule has 0 fully saturated rings. The van der Waals surface area contributed by atoms with Gasteiger partial charge in [-0.3, -0.25) is 4.79 Å². The maximum absolute atomic E-state index is 14.2. The van der Waals surface area contributed by atoms with Crippen molar-refractivity contribution >= 4 is 16.9 Å². The maximum Gasteiger partial charge on any atom is 0.257 e. The van der Waals surface area contributed by atoms with E-state index in [9.17, 15) is 13.6 Å². The molecule has 3 aromatic rings. The SMILES string of the molecule is CCCCN(Cc1nc2ccccc2n1CCC)C(=O)c1cccc(F)c1F. The zero-order chi connectivity index (χ0) is 20.1. The van der Waals surface area contributed by atoms with Gasteiger partial charge < -0.3 is 9.47 Å². The Balaban J connectivity index is 1.97. The van der Waals surface area contributed by atoms with E-state index in [1.807, 2.05) is 31.2 Å². The van der Waals surface area contributed by atoms with E-state index in [1.54, 1.807) is 4.90 Å². The van der Waals surface area contributed by atoms with Gasteiger partial charge in [0, 0.05) is 13.1 Å². The van der Waals surface area contributed by atoms with E-state index in [2.05, 4.69) is 11.5 Å². The van der Waals surface area contributed by atoms with Gasteiger partial charge in [-0.1, -0.05) is 38.5 Å². The van der Waals surface area contributed by atoms with Crippen LogP contribution in [0, 0.1) is 11.6 Å². The number of rotatable bonds is 8. The molecule has 0 aliphatic carbocycles. The number of imidazole rings is 1. The van der Waals surface area contributed by atoms with Crippen molar-refractivity contribution < 1.29 is 13.6 Å². The molecule has 28 heavy (non-hydrogen) atoms. The number of carbonyl (C=O) groups is 1. The maximum atomic E-state index is 14.2. The number of hydrogen-bond donors (Lipinski definition) is 0. The Morgan fingerprint density at radius 2 is 1.86 bits per heavy atom. The number of halogens is 2. The molecular weight excluding hydrogens is 360 g/mol. The van der Waals surface area contributed by atoms with Gasteiger partial charge in [0.2, 0.25) is 0 Å². The van der Waals surface area contributed by atoms with Crippen molar-refractivity contribution in [2.75, 3.05) is 6.54 Å². The van der Waals surface area contributed by atoms with E-state index in [-0.39, 0.29) is 12.1 Å². The van der Waals surface area contributed by atoms with Gasteiger partial charge in [0.05, 0.1) is 23.1 Å². The second kappa shape index (κ2) is 8.95. The zero-order valence-electron chi connectivity index (χ0n) is 16.3. The number of carbonyl (C=O) groups excluding carboxylic acids is 1. The minimum Gasteiger partial charge on any atom is -0.331 e. The van der Waals surface area contributed by atoms with Gasteiger partial charge in [0.1, 0.15) is 5.82 Å². The fourth-order valence-electron chi connectivity index (χ4n) is 3.33. The summed E-state index contributed by atoms with van der Waals surface area (Å²) >= 11 is 0. The number of fused-ring (bicyclic) bond motifs is 1. The van der Waals surface area contributed by atoms with Gasteiger partial charge in [-0.05, 0) is 37.1 Å². The van der Waals surface area contributed by atoms with Crippen LogP contribution in [0.4, 0.5) is 8.78 Å². The predicted molar refractivity (Wildman–Crippen MR) is 106 cm³/mol. The predicted octanol–water partition coefficient (Wildman–Crippen LogP) is 5.17. The average Bonchev–Trinajstić information content (AvgIpc) is 3.04. The molecule has 3 rings (SSSR count). The second-order valence-electron chi connectivity index (χ2n) is 6.85. The molecule has 0 saturated heterocycles. The Kier molecular flexibility index (Phi) is 6.39. The van der Waals surface area contributed by atoms with Crippen molar-refractivity contribution in [3.63, 3.8) is 0 Å². The first kappa shape index (κ1) is 20.0. The Hall–Kier alpha value is -2.76. The normalized spacial score (nSPS) is 11.1. The molecule has 148 valence electrons. The Morgan fingerprint density at radius 3 is 2.61 bits per heavy atom. The van der Waals surface area contributed by atoms with Crippen molar-refractivity contribution in [1.29, 1.82) is 0 Å². The molecule has 0 aliphatic heterocycles. The van der Waals surface area contributed by atoms with Crippen molar-refractivity contribution in [1.82, 2.24) is 14.5 Å². The highest BCUT2D eigenvalue weighted by molar-refractivity contribution is 5.94. The van der Waals surface area contributed by atoms with Gasteiger partial charge in [-0.25, -0.2) is 13.8 Å². The van der Waals surface area contributed by atoms with Crippen molar-refractivity contribution in [3.05, 3.63) is 65.5 Å². The van der Waals surface area contributed by atoms with Crippen LogP contribution in [0.25, 0.3) is 11.0 Å². The lowest BCUT2D eigenvalue weighted by molar-refractivity contribution is 0.0729. The van der Waals surface area contributed by atoms with Gasteiger partial charge in [-0.2, -0.15) is 0 Å². The van der Waals surface area contributed by atoms with Crippen molar-refractivity contribution in [2.24, 2.45) is 0 Å². The van der Waals surface area contributed by atoms with Crippen LogP contribution >= 0.6 is 0 Å². The van der Waals surface area contributed by atoms with E-state index in [1.165, 1.54) is 12.1 Å². The summed E-state index contributed by atoms with van der Waals surface area (Å²) in [6.07, 6.45) is 2.59. The third kappa shape index (κ3) is 4.06. The lowest BCUT2D eigenvalue weighted by Crippen LogP contribution is -2.33. The molecule has 1 aromatic heterocycles. The highest BCUT2D eigenvalue weighted by Gasteiger charge is 2.23. The van der Waals surface area contributed by atoms with Crippen LogP contribution in [0.5, 0.6) is 0 Å². The number of amides is 1. The second-order valence-corrected chi connectivity index (χ2v) is 6.85. The molecular formula is C22H25F2N3O. The van der Waals surface area contributed by atoms with Crippen LogP contribution in [0.3, 0.4) is 0 Å². The van der Waals surface area contributed by atoms with Crippen LogP contribution in [-0.4, -0.2) is 26.9 Å². The molecule has 1 amide bonds. The van der Waals surface area contributed by atoms with Crippen LogP contribution in [0.1, 0.15) is 49.3 Å². The number of unbranched alkanes of at least 4 members (excludes halogenated alkanes) is 1. The molecule has 0 saturated carbocycles. The van der Waals surface area contributed by atoms with Gasteiger partial charge in [0.25, 0.3) is 5.91 Å². The van der Waals surface area contributed by atoms with E-state index >= 15 is 0 Å². The first-order valence-corrected chi connectivity index (χ1v) is 9.74. The van der Waals surface area contributed by atoms with Crippen LogP contribution in [0.2, 0.25) is 0 Å². The van der Waals surface area contributed by atoms with E-state index in [0.29, 0.717) is 6.54 Å². The highest BCUT2D eigenvalue weighted by Crippen LogP contribution is 2.20. The number of aryl methyl sites for hydroxylation is 1. The fourth-order valence-corrected chi connectivity index (χ4v) is 3.33. The standard InChI is InChI=1S/C22H25F2N3O/c1-3-5-14-26(22(28)16-9-8-10-17(23)21(16)24)15-20-25-18-11-6-7-12-19(18)27(20)13-4-2/h6-12H,3-5,13-15H2,1-2H3. The van der Waals surface area contributed by atoms with Gasteiger partial charge in [-0.15, -0.1) is 0 Å². The first-order valence-electron chi connectivity index (χ1n) is 9.74. The van der Waals surface area contributed by atoms with Crippen LogP contribution in [0.15, 0.2) is 42.5 Å². The number of hydrogen-bond acceptors (Lipinski definition) is 2. The monoisotopic (exact) mass is 385 g/mol. The molecule has 0 bridgehead atoms. The summed E-state index contributed by atoms with van der Waals surface area (Å²) < 4.78 is 29.9. The van der Waals surface area contributed by atoms with Crippen molar-refractivity contribution in [3.8, 4) is 0 Å². The summed E-state index contributed by atoms with van der Waals surface area (Å²) in [5, 5.41) is 0. The smallest absolute Gasteiger partial charge is 0.257 e. The zero-order valence-corrected chi connectivity index (χ0v) is 16.3. The third-order valence-electron chi connectivity index (χ3n) is 4.76. The molecule has 0 N–H and O–H groups in total. The number of nitrogens with zero attached hydrogens (tertiary/aromatic N) is 3. The Labute approximate surface area is 163 Å². The third-order valence-corrected chi connectivity index (χ3v) is 4.76. The summed E-state index contributed by atoms with van der Waals surface area (Å²) in [5.74, 6) is -1.87. The number of benzene rings is 2. The topological polar surface area (TPSA) is 38.1 Å². The summed E-state index contributed by atoms with van der Waals surface area (Å²) in [6, 6.07) is 11.5.